The van der Waals surface area contributed by atoms with Crippen LogP contribution in [0.15, 0.2) is 48.8 Å². The zero-order valence-electron chi connectivity index (χ0n) is 19.6. The number of amides is 1. The molecule has 0 unspecified atom stereocenters. The molecule has 7 nitrogen and oxygen atoms in total. The largest absolute Gasteiger partial charge is 0.394 e. The molecule has 33 heavy (non-hydrogen) atoms. The molecular formula is C25H31N5O2S. The van der Waals surface area contributed by atoms with Crippen molar-refractivity contribution < 1.29 is 9.90 Å². The first-order valence-electron chi connectivity index (χ1n) is 11.1. The SMILES string of the molecule is CN(C)CC=CC(=O)N1CCc2c(sc3ncnc(N[C@H](CO)c4ccccc4)c23)C1(C)C. The number of hydrogen-bond donors (Lipinski definition) is 2. The summed E-state index contributed by atoms with van der Waals surface area (Å²) in [5.74, 6) is 0.751. The van der Waals surface area contributed by atoms with E-state index >= 15 is 0 Å². The smallest absolute Gasteiger partial charge is 0.247 e. The van der Waals surface area contributed by atoms with Gasteiger partial charge in [0, 0.05) is 24.0 Å². The van der Waals surface area contributed by atoms with Crippen LogP contribution in [0, 0.1) is 0 Å². The number of carbonyl (C=O) groups excluding carboxylic acids is 1. The molecule has 3 aromatic rings. The van der Waals surface area contributed by atoms with E-state index in [0.29, 0.717) is 6.54 Å². The third kappa shape index (κ3) is 4.64. The third-order valence-electron chi connectivity index (χ3n) is 6.10. The number of aliphatic hydroxyl groups excluding tert-OH is 1. The zero-order valence-corrected chi connectivity index (χ0v) is 20.4. The number of aliphatic hydroxyl groups is 1. The van der Waals surface area contributed by atoms with E-state index in [2.05, 4.69) is 29.1 Å². The molecule has 0 aliphatic carbocycles. The van der Waals surface area contributed by atoms with Crippen molar-refractivity contribution >= 4 is 33.3 Å². The quantitative estimate of drug-likeness (QED) is 0.519. The summed E-state index contributed by atoms with van der Waals surface area (Å²) in [5.41, 5.74) is 1.73. The Morgan fingerprint density at radius 2 is 2.06 bits per heavy atom. The average molecular weight is 466 g/mol. The van der Waals surface area contributed by atoms with Crippen molar-refractivity contribution in [2.24, 2.45) is 0 Å². The number of hydrogen-bond acceptors (Lipinski definition) is 7. The Bertz CT molecular complexity index is 1160. The summed E-state index contributed by atoms with van der Waals surface area (Å²) in [6, 6.07) is 9.60. The average Bonchev–Trinajstić information content (AvgIpc) is 3.19. The number of rotatable bonds is 7. The standard InChI is InChI=1S/C25H31N5O2S/c1-25(2)22-18(12-14-30(25)20(32)11-8-13-29(3)4)21-23(26-16-27-24(21)33-22)28-19(15-31)17-9-6-5-7-10-17/h5-11,16,19,31H,12-15H2,1-4H3,(H,26,27,28)/t19-/m1/s1. The number of likely N-dealkylation sites (N-methyl/N-ethyl adjacent to an activating group) is 1. The van der Waals surface area contributed by atoms with Gasteiger partial charge in [0.1, 0.15) is 17.0 Å². The fourth-order valence-corrected chi connectivity index (χ4v) is 5.69. The second-order valence-corrected chi connectivity index (χ2v) is 10.1. The van der Waals surface area contributed by atoms with Gasteiger partial charge in [0.2, 0.25) is 5.91 Å². The summed E-state index contributed by atoms with van der Waals surface area (Å²) in [4.78, 5) is 28.1. The van der Waals surface area contributed by atoms with E-state index in [4.69, 9.17) is 0 Å². The van der Waals surface area contributed by atoms with Gasteiger partial charge >= 0.3 is 0 Å². The van der Waals surface area contributed by atoms with Gasteiger partial charge in [0.15, 0.2) is 0 Å². The van der Waals surface area contributed by atoms with Gasteiger partial charge in [0.05, 0.1) is 23.6 Å². The van der Waals surface area contributed by atoms with Gasteiger partial charge in [-0.25, -0.2) is 9.97 Å². The van der Waals surface area contributed by atoms with E-state index in [0.717, 1.165) is 39.4 Å². The number of nitrogens with zero attached hydrogens (tertiary/aromatic N) is 4. The van der Waals surface area contributed by atoms with E-state index in [9.17, 15) is 9.90 Å². The number of benzene rings is 1. The summed E-state index contributed by atoms with van der Waals surface area (Å²) in [7, 11) is 3.96. The first-order chi connectivity index (χ1) is 15.8. The summed E-state index contributed by atoms with van der Waals surface area (Å²) < 4.78 is 0. The van der Waals surface area contributed by atoms with Crippen molar-refractivity contribution in [2.45, 2.75) is 31.8 Å². The molecule has 0 saturated heterocycles. The Hall–Kier alpha value is -2.81. The Morgan fingerprint density at radius 1 is 1.30 bits per heavy atom. The molecule has 0 radical (unpaired) electrons. The maximum Gasteiger partial charge on any atom is 0.247 e. The van der Waals surface area contributed by atoms with Crippen LogP contribution in [0.4, 0.5) is 5.82 Å². The van der Waals surface area contributed by atoms with Crippen LogP contribution in [0.5, 0.6) is 0 Å². The molecule has 0 fully saturated rings. The molecule has 8 heteroatoms. The fourth-order valence-electron chi connectivity index (χ4n) is 4.38. The highest BCUT2D eigenvalue weighted by atomic mass is 32.1. The highest BCUT2D eigenvalue weighted by Gasteiger charge is 2.40. The molecule has 3 heterocycles. The molecule has 1 aliphatic heterocycles. The molecular weight excluding hydrogens is 434 g/mol. The van der Waals surface area contributed by atoms with E-state index in [1.54, 1.807) is 23.7 Å². The normalized spacial score (nSPS) is 16.4. The van der Waals surface area contributed by atoms with Crippen molar-refractivity contribution in [1.29, 1.82) is 0 Å². The van der Waals surface area contributed by atoms with Crippen molar-refractivity contribution in [3.05, 3.63) is 64.8 Å². The molecule has 1 atom stereocenters. The summed E-state index contributed by atoms with van der Waals surface area (Å²) in [6.07, 6.45) is 5.89. The molecule has 0 saturated carbocycles. The van der Waals surface area contributed by atoms with Crippen molar-refractivity contribution in [2.75, 3.05) is 39.1 Å². The first kappa shape index (κ1) is 23.4. The highest BCUT2D eigenvalue weighted by molar-refractivity contribution is 7.19. The maximum atomic E-state index is 13.0. The van der Waals surface area contributed by atoms with Gasteiger partial charge in [-0.2, -0.15) is 0 Å². The molecule has 2 aromatic heterocycles. The molecule has 174 valence electrons. The van der Waals surface area contributed by atoms with Crippen LogP contribution in [0.25, 0.3) is 10.2 Å². The monoisotopic (exact) mass is 465 g/mol. The number of carbonyl (C=O) groups is 1. The number of anilines is 1. The molecule has 2 N–H and O–H groups in total. The lowest BCUT2D eigenvalue weighted by Crippen LogP contribution is -2.48. The van der Waals surface area contributed by atoms with E-state index in [1.807, 2.05) is 60.3 Å². The van der Waals surface area contributed by atoms with Gasteiger partial charge in [-0.3, -0.25) is 4.79 Å². The zero-order chi connectivity index (χ0) is 23.6. The Balaban J connectivity index is 1.68. The molecule has 1 amide bonds. The predicted octanol–water partition coefficient (Wildman–Crippen LogP) is 3.57. The fraction of sp³-hybridized carbons (Fsp3) is 0.400. The lowest BCUT2D eigenvalue weighted by Gasteiger charge is -2.41. The minimum absolute atomic E-state index is 0.0267. The molecule has 0 spiro atoms. The van der Waals surface area contributed by atoms with Gasteiger partial charge in [0.25, 0.3) is 0 Å². The van der Waals surface area contributed by atoms with Crippen LogP contribution < -0.4 is 5.32 Å². The Labute approximate surface area is 198 Å². The lowest BCUT2D eigenvalue weighted by molar-refractivity contribution is -0.131. The van der Waals surface area contributed by atoms with Crippen molar-refractivity contribution in [3.8, 4) is 0 Å². The number of aromatic nitrogens is 2. The summed E-state index contributed by atoms with van der Waals surface area (Å²) in [5, 5.41) is 14.5. The number of nitrogens with one attached hydrogen (secondary N) is 1. The number of fused-ring (bicyclic) bond motifs is 3. The maximum absolute atomic E-state index is 13.0. The van der Waals surface area contributed by atoms with Crippen LogP contribution in [-0.2, 0) is 16.8 Å². The van der Waals surface area contributed by atoms with E-state index in [-0.39, 0.29) is 18.6 Å². The van der Waals surface area contributed by atoms with Gasteiger partial charge in [-0.1, -0.05) is 36.4 Å². The predicted molar refractivity (Wildman–Crippen MR) is 133 cm³/mol. The second-order valence-electron chi connectivity index (χ2n) is 9.07. The van der Waals surface area contributed by atoms with Crippen LogP contribution in [0.1, 0.15) is 35.9 Å². The van der Waals surface area contributed by atoms with E-state index in [1.165, 1.54) is 5.56 Å². The highest BCUT2D eigenvalue weighted by Crippen LogP contribution is 2.45. The van der Waals surface area contributed by atoms with Crippen molar-refractivity contribution in [3.63, 3.8) is 0 Å². The van der Waals surface area contributed by atoms with Crippen LogP contribution in [0.3, 0.4) is 0 Å². The van der Waals surface area contributed by atoms with Gasteiger partial charge < -0.3 is 20.2 Å². The van der Waals surface area contributed by atoms with Gasteiger partial charge in [-0.05, 0) is 45.5 Å². The first-order valence-corrected chi connectivity index (χ1v) is 12.0. The third-order valence-corrected chi connectivity index (χ3v) is 7.55. The number of thiophene rings is 1. The minimum atomic E-state index is -0.453. The van der Waals surface area contributed by atoms with Gasteiger partial charge in [-0.15, -0.1) is 11.3 Å². The van der Waals surface area contributed by atoms with E-state index < -0.39 is 5.54 Å². The lowest BCUT2D eigenvalue weighted by atomic mass is 9.89. The molecule has 1 aromatic carbocycles. The molecule has 1 aliphatic rings. The van der Waals surface area contributed by atoms with Crippen LogP contribution in [0.2, 0.25) is 0 Å². The Kier molecular flexibility index (Phi) is 6.78. The summed E-state index contributed by atoms with van der Waals surface area (Å²) in [6.45, 7) is 5.51. The molecule has 4 rings (SSSR count). The topological polar surface area (TPSA) is 81.6 Å². The summed E-state index contributed by atoms with van der Waals surface area (Å²) >= 11 is 1.62. The van der Waals surface area contributed by atoms with Crippen molar-refractivity contribution in [1.82, 2.24) is 19.8 Å². The van der Waals surface area contributed by atoms with Crippen LogP contribution in [-0.4, -0.2) is 64.6 Å². The Morgan fingerprint density at radius 3 is 2.76 bits per heavy atom. The van der Waals surface area contributed by atoms with Crippen LogP contribution >= 0.6 is 11.3 Å². The second kappa shape index (κ2) is 9.59. The minimum Gasteiger partial charge on any atom is -0.394 e. The molecule has 0 bridgehead atoms.